The van der Waals surface area contributed by atoms with Gasteiger partial charge in [0, 0.05) is 36.7 Å². The number of ketones is 1. The number of nitrogens with zero attached hydrogens (tertiary/aromatic N) is 4. The summed E-state index contributed by atoms with van der Waals surface area (Å²) in [7, 11) is 0. The first kappa shape index (κ1) is 24.9. The van der Waals surface area contributed by atoms with Crippen molar-refractivity contribution < 1.29 is 14.4 Å². The Kier molecular flexibility index (Phi) is 6.64. The van der Waals surface area contributed by atoms with Crippen LogP contribution in [-0.2, 0) is 24.2 Å². The average molecular weight is 557 g/mol. The van der Waals surface area contributed by atoms with E-state index in [1.165, 1.54) is 11.3 Å². The number of halogens is 1. The number of benzene rings is 1. The number of carbonyl (C=O) groups excluding carboxylic acids is 3. The summed E-state index contributed by atoms with van der Waals surface area (Å²) in [5.41, 5.74) is 3.19. The molecule has 2 amide bonds. The van der Waals surface area contributed by atoms with E-state index in [0.717, 1.165) is 22.2 Å². The van der Waals surface area contributed by atoms with Crippen LogP contribution in [-0.4, -0.2) is 48.7 Å². The van der Waals surface area contributed by atoms with Crippen molar-refractivity contribution in [3.05, 3.63) is 105 Å². The SMILES string of the molecule is O=C(Nc1cc2cn[nH]c2cn1)c1ccc(CN2C(=O)c3sccc3CC(=O)C2Cc2ccccn2)cc1Cl. The maximum Gasteiger partial charge on any atom is 0.265 e. The van der Waals surface area contributed by atoms with Crippen molar-refractivity contribution in [3.8, 4) is 0 Å². The van der Waals surface area contributed by atoms with E-state index < -0.39 is 11.9 Å². The first-order chi connectivity index (χ1) is 19.0. The lowest BCUT2D eigenvalue weighted by Crippen LogP contribution is -2.44. The highest BCUT2D eigenvalue weighted by molar-refractivity contribution is 7.12. The van der Waals surface area contributed by atoms with E-state index in [1.54, 1.807) is 47.8 Å². The van der Waals surface area contributed by atoms with Crippen LogP contribution in [0.1, 0.15) is 36.9 Å². The van der Waals surface area contributed by atoms with Crippen LogP contribution in [0.15, 0.2) is 72.5 Å². The number of thiophene rings is 1. The average Bonchev–Trinajstić information content (AvgIpc) is 3.58. The number of hydrogen-bond acceptors (Lipinski definition) is 7. The predicted octanol–water partition coefficient (Wildman–Crippen LogP) is 4.70. The summed E-state index contributed by atoms with van der Waals surface area (Å²) >= 11 is 7.87. The number of aromatic amines is 1. The number of hydrogen-bond donors (Lipinski definition) is 2. The normalized spacial score (nSPS) is 15.3. The number of fused-ring (bicyclic) bond motifs is 2. The highest BCUT2D eigenvalue weighted by atomic mass is 35.5. The van der Waals surface area contributed by atoms with Crippen LogP contribution in [0.4, 0.5) is 5.82 Å². The zero-order chi connectivity index (χ0) is 26.9. The van der Waals surface area contributed by atoms with Crippen molar-refractivity contribution in [3.63, 3.8) is 0 Å². The smallest absolute Gasteiger partial charge is 0.265 e. The molecule has 5 heterocycles. The minimum Gasteiger partial charge on any atom is -0.323 e. The van der Waals surface area contributed by atoms with Gasteiger partial charge in [0.25, 0.3) is 11.8 Å². The van der Waals surface area contributed by atoms with Gasteiger partial charge >= 0.3 is 0 Å². The summed E-state index contributed by atoms with van der Waals surface area (Å²) in [6.45, 7) is 0.153. The van der Waals surface area contributed by atoms with Gasteiger partial charge < -0.3 is 10.2 Å². The Morgan fingerprint density at radius 2 is 2.03 bits per heavy atom. The Hall–Kier alpha value is -4.41. The molecular weight excluding hydrogens is 536 g/mol. The lowest BCUT2D eigenvalue weighted by Gasteiger charge is -2.29. The molecule has 0 spiro atoms. The number of pyridine rings is 2. The highest BCUT2D eigenvalue weighted by Crippen LogP contribution is 2.29. The molecule has 1 unspecified atom stereocenters. The lowest BCUT2D eigenvalue weighted by molar-refractivity contribution is -0.122. The molecule has 0 fully saturated rings. The number of nitrogens with one attached hydrogen (secondary N) is 2. The van der Waals surface area contributed by atoms with E-state index in [1.807, 2.05) is 29.6 Å². The second-order valence-electron chi connectivity index (χ2n) is 9.19. The maximum absolute atomic E-state index is 13.6. The quantitative estimate of drug-likeness (QED) is 0.313. The van der Waals surface area contributed by atoms with Gasteiger partial charge in [0.2, 0.25) is 0 Å². The van der Waals surface area contributed by atoms with E-state index in [-0.39, 0.29) is 35.2 Å². The van der Waals surface area contributed by atoms with Gasteiger partial charge in [-0.2, -0.15) is 5.10 Å². The van der Waals surface area contributed by atoms with E-state index in [0.29, 0.717) is 22.7 Å². The summed E-state index contributed by atoms with van der Waals surface area (Å²) in [5.74, 6) is -0.299. The van der Waals surface area contributed by atoms with Crippen LogP contribution >= 0.6 is 22.9 Å². The highest BCUT2D eigenvalue weighted by Gasteiger charge is 2.36. The maximum atomic E-state index is 13.6. The van der Waals surface area contributed by atoms with Crippen LogP contribution < -0.4 is 5.32 Å². The van der Waals surface area contributed by atoms with Crippen molar-refractivity contribution in [2.75, 3.05) is 5.32 Å². The fourth-order valence-electron chi connectivity index (χ4n) is 4.67. The fraction of sp³-hybridized carbons (Fsp3) is 0.143. The topological polar surface area (TPSA) is 121 Å². The number of rotatable bonds is 6. The molecular formula is C28H21ClN6O3S. The Labute approximate surface area is 231 Å². The molecule has 0 aliphatic carbocycles. The van der Waals surface area contributed by atoms with Gasteiger partial charge in [0.05, 0.1) is 39.4 Å². The molecule has 1 atom stereocenters. The molecule has 0 radical (unpaired) electrons. The monoisotopic (exact) mass is 556 g/mol. The number of aromatic nitrogens is 4. The third-order valence-electron chi connectivity index (χ3n) is 6.64. The zero-order valence-corrected chi connectivity index (χ0v) is 22.0. The molecule has 2 N–H and O–H groups in total. The van der Waals surface area contributed by atoms with E-state index in [2.05, 4.69) is 25.5 Å². The second kappa shape index (κ2) is 10.4. The number of Topliss-reactive ketones (excluding diaryl/α,β-unsaturated/α-hetero) is 1. The molecule has 1 aromatic carbocycles. The van der Waals surface area contributed by atoms with Crippen molar-refractivity contribution in [1.29, 1.82) is 0 Å². The zero-order valence-electron chi connectivity index (χ0n) is 20.4. The van der Waals surface area contributed by atoms with Gasteiger partial charge in [0.1, 0.15) is 5.82 Å². The third-order valence-corrected chi connectivity index (χ3v) is 7.90. The summed E-state index contributed by atoms with van der Waals surface area (Å²) in [5, 5.41) is 12.4. The van der Waals surface area contributed by atoms with Crippen molar-refractivity contribution in [2.24, 2.45) is 0 Å². The first-order valence-electron chi connectivity index (χ1n) is 12.1. The molecule has 0 saturated carbocycles. The number of amides is 2. The molecule has 0 bridgehead atoms. The van der Waals surface area contributed by atoms with Gasteiger partial charge in [0.15, 0.2) is 5.78 Å². The molecule has 4 aromatic heterocycles. The van der Waals surface area contributed by atoms with Crippen molar-refractivity contribution >= 4 is 57.3 Å². The van der Waals surface area contributed by atoms with Gasteiger partial charge in [-0.3, -0.25) is 24.5 Å². The van der Waals surface area contributed by atoms with E-state index >= 15 is 0 Å². The molecule has 0 saturated heterocycles. The number of H-pyrrole nitrogens is 1. The predicted molar refractivity (Wildman–Crippen MR) is 148 cm³/mol. The summed E-state index contributed by atoms with van der Waals surface area (Å²) in [4.78, 5) is 50.7. The Morgan fingerprint density at radius 3 is 2.85 bits per heavy atom. The fourth-order valence-corrected chi connectivity index (χ4v) is 5.84. The van der Waals surface area contributed by atoms with E-state index in [9.17, 15) is 14.4 Å². The second-order valence-corrected chi connectivity index (χ2v) is 10.5. The summed E-state index contributed by atoms with van der Waals surface area (Å²) in [6, 6.07) is 13.4. The van der Waals surface area contributed by atoms with Gasteiger partial charge in [-0.15, -0.1) is 11.3 Å². The van der Waals surface area contributed by atoms with Gasteiger partial charge in [-0.1, -0.05) is 23.7 Å². The van der Waals surface area contributed by atoms with Crippen LogP contribution in [0, 0.1) is 0 Å². The Morgan fingerprint density at radius 1 is 1.13 bits per heavy atom. The van der Waals surface area contributed by atoms with Crippen molar-refractivity contribution in [2.45, 2.75) is 25.4 Å². The molecule has 1 aliphatic heterocycles. The van der Waals surface area contributed by atoms with Crippen molar-refractivity contribution in [1.82, 2.24) is 25.1 Å². The summed E-state index contributed by atoms with van der Waals surface area (Å²) < 4.78 is 0. The van der Waals surface area contributed by atoms with Crippen LogP contribution in [0.3, 0.4) is 0 Å². The molecule has 9 nitrogen and oxygen atoms in total. The molecule has 6 rings (SSSR count). The molecule has 39 heavy (non-hydrogen) atoms. The number of anilines is 1. The Bertz CT molecular complexity index is 1720. The van der Waals surface area contributed by atoms with Gasteiger partial charge in [-0.25, -0.2) is 4.98 Å². The molecule has 11 heteroatoms. The molecule has 5 aromatic rings. The Balaban J connectivity index is 1.26. The standard InChI is InChI=1S/C28H21ClN6O3S/c29-21-9-16(4-5-20(21)27(37)33-25-11-18-13-32-34-22(18)14-31-25)15-35-23(12-19-3-1-2-7-30-19)24(36)10-17-6-8-39-26(17)28(35)38/h1-9,11,13-14,23H,10,12,15H2,(H,32,34)(H,31,33,37). The van der Waals surface area contributed by atoms with Crippen LogP contribution in [0.2, 0.25) is 5.02 Å². The minimum atomic E-state index is -0.683. The third kappa shape index (κ3) is 5.04. The largest absolute Gasteiger partial charge is 0.323 e. The molecule has 1 aliphatic rings. The van der Waals surface area contributed by atoms with Crippen LogP contribution in [0.5, 0.6) is 0 Å². The van der Waals surface area contributed by atoms with Crippen LogP contribution in [0.25, 0.3) is 10.9 Å². The van der Waals surface area contributed by atoms with E-state index in [4.69, 9.17) is 11.6 Å². The number of carbonyl (C=O) groups is 3. The molecule has 194 valence electrons. The minimum absolute atomic E-state index is 0.0460. The summed E-state index contributed by atoms with van der Waals surface area (Å²) in [6.07, 6.45) is 5.40. The first-order valence-corrected chi connectivity index (χ1v) is 13.4. The van der Waals surface area contributed by atoms with Gasteiger partial charge in [-0.05, 0) is 52.9 Å². The lowest BCUT2D eigenvalue weighted by atomic mass is 10.0.